The molecule has 25 heavy (non-hydrogen) atoms. The Balaban J connectivity index is 1.62. The van der Waals surface area contributed by atoms with Gasteiger partial charge >= 0.3 is 0 Å². The van der Waals surface area contributed by atoms with Crippen LogP contribution in [0.2, 0.25) is 0 Å². The number of hydrogen-bond donors (Lipinski definition) is 1. The molecule has 1 atom stereocenters. The third-order valence-corrected chi connectivity index (χ3v) is 5.96. The first-order valence-electron chi connectivity index (χ1n) is 9.57. The monoisotopic (exact) mass is 342 g/mol. The van der Waals surface area contributed by atoms with Gasteiger partial charge in [-0.05, 0) is 53.3 Å². The summed E-state index contributed by atoms with van der Waals surface area (Å²) >= 11 is 0. The van der Waals surface area contributed by atoms with Crippen LogP contribution in [0.4, 0.5) is 0 Å². The molecule has 2 aromatic rings. The Morgan fingerprint density at radius 3 is 2.60 bits per heavy atom. The number of likely N-dealkylation sites (N-methyl/N-ethyl adjacent to an activating group) is 1. The number of likely N-dealkylation sites (tertiary alicyclic amines) is 1. The summed E-state index contributed by atoms with van der Waals surface area (Å²) in [4.78, 5) is 5.17. The molecule has 0 aliphatic carbocycles. The van der Waals surface area contributed by atoms with Crippen molar-refractivity contribution in [2.24, 2.45) is 0 Å². The molecule has 1 aromatic carbocycles. The summed E-state index contributed by atoms with van der Waals surface area (Å²) in [5.74, 6) is 0. The third-order valence-electron chi connectivity index (χ3n) is 5.96. The molecule has 1 saturated heterocycles. The van der Waals surface area contributed by atoms with Crippen molar-refractivity contribution < 1.29 is 0 Å². The maximum atomic E-state index is 4.48. The quantitative estimate of drug-likeness (QED) is 0.891. The zero-order valence-electron chi connectivity index (χ0n) is 16.8. The average Bonchev–Trinajstić information content (AvgIpc) is 3.19. The van der Waals surface area contributed by atoms with Crippen molar-refractivity contribution in [3.63, 3.8) is 0 Å². The highest BCUT2D eigenvalue weighted by molar-refractivity contribution is 5.82. The van der Waals surface area contributed by atoms with Crippen LogP contribution < -0.4 is 0 Å². The smallest absolute Gasteiger partial charge is 0.0923 e. The zero-order chi connectivity index (χ0) is 18.2. The summed E-state index contributed by atoms with van der Waals surface area (Å²) in [7, 11) is 2.29. The van der Waals surface area contributed by atoms with Crippen LogP contribution in [0.1, 0.15) is 53.2 Å². The van der Waals surface area contributed by atoms with Crippen molar-refractivity contribution in [1.29, 1.82) is 0 Å². The number of rotatable bonds is 5. The van der Waals surface area contributed by atoms with E-state index in [1.807, 2.05) is 0 Å². The van der Waals surface area contributed by atoms with E-state index >= 15 is 0 Å². The Labute approximate surface area is 152 Å². The molecule has 1 fully saturated rings. The molecule has 0 saturated carbocycles. The van der Waals surface area contributed by atoms with Crippen molar-refractivity contribution in [2.45, 2.75) is 64.5 Å². The first-order chi connectivity index (χ1) is 11.7. The molecule has 0 spiro atoms. The molecule has 0 radical (unpaired) electrons. The van der Waals surface area contributed by atoms with Crippen molar-refractivity contribution in [2.75, 3.05) is 26.7 Å². The van der Waals surface area contributed by atoms with Gasteiger partial charge in [0, 0.05) is 41.2 Å². The van der Waals surface area contributed by atoms with E-state index in [0.29, 0.717) is 6.04 Å². The third kappa shape index (κ3) is 3.90. The number of para-hydroxylation sites is 1. The number of fused-ring (bicyclic) bond motifs is 1. The average molecular weight is 343 g/mol. The molecule has 0 bridgehead atoms. The van der Waals surface area contributed by atoms with Gasteiger partial charge in [-0.3, -0.25) is 10.00 Å². The van der Waals surface area contributed by atoms with Gasteiger partial charge in [-0.15, -0.1) is 0 Å². The molecular weight excluding hydrogens is 308 g/mol. The predicted molar refractivity (Wildman–Crippen MR) is 106 cm³/mol. The van der Waals surface area contributed by atoms with Gasteiger partial charge in [-0.1, -0.05) is 32.0 Å². The molecule has 1 aliphatic rings. The van der Waals surface area contributed by atoms with Crippen LogP contribution in [0.15, 0.2) is 24.3 Å². The second kappa shape index (κ2) is 6.73. The zero-order valence-corrected chi connectivity index (χ0v) is 16.8. The Morgan fingerprint density at radius 1 is 1.20 bits per heavy atom. The highest BCUT2D eigenvalue weighted by atomic mass is 15.3. The Hall–Kier alpha value is -1.39. The van der Waals surface area contributed by atoms with E-state index < -0.39 is 0 Å². The van der Waals surface area contributed by atoms with Crippen LogP contribution in [0.3, 0.4) is 0 Å². The molecule has 4 heteroatoms. The normalized spacial score (nSPS) is 20.0. The van der Waals surface area contributed by atoms with Crippen molar-refractivity contribution >= 4 is 10.9 Å². The maximum Gasteiger partial charge on any atom is 0.0923 e. The number of nitrogens with zero attached hydrogens (tertiary/aromatic N) is 3. The van der Waals surface area contributed by atoms with Gasteiger partial charge in [0.25, 0.3) is 0 Å². The van der Waals surface area contributed by atoms with Gasteiger partial charge in [0.05, 0.1) is 5.52 Å². The fraction of sp³-hybridized carbons (Fsp3) is 0.667. The molecule has 4 nitrogen and oxygen atoms in total. The summed E-state index contributed by atoms with van der Waals surface area (Å²) in [6, 6.07) is 9.08. The fourth-order valence-corrected chi connectivity index (χ4v) is 3.95. The van der Waals surface area contributed by atoms with Crippen LogP contribution in [0.5, 0.6) is 0 Å². The molecule has 2 heterocycles. The summed E-state index contributed by atoms with van der Waals surface area (Å²) in [6.07, 6.45) is 2.41. The standard InChI is InChI=1S/C21H34N4/c1-20(2,3)25-13-11-16(15-25)24(6)14-12-21(4,5)19-17-9-7-8-10-18(17)22-23-19/h7-10,16H,11-15H2,1-6H3,(H,22,23). The van der Waals surface area contributed by atoms with Gasteiger partial charge in [-0.25, -0.2) is 0 Å². The largest absolute Gasteiger partial charge is 0.302 e. The number of benzene rings is 1. The van der Waals surface area contributed by atoms with Gasteiger partial charge in [0.1, 0.15) is 0 Å². The number of nitrogens with one attached hydrogen (secondary N) is 1. The van der Waals surface area contributed by atoms with E-state index in [4.69, 9.17) is 0 Å². The Bertz CT molecular complexity index is 710. The number of hydrogen-bond acceptors (Lipinski definition) is 3. The van der Waals surface area contributed by atoms with E-state index in [0.717, 1.165) is 18.5 Å². The lowest BCUT2D eigenvalue weighted by atomic mass is 9.83. The fourth-order valence-electron chi connectivity index (χ4n) is 3.95. The molecular formula is C21H34N4. The summed E-state index contributed by atoms with van der Waals surface area (Å²) in [5.41, 5.74) is 2.70. The van der Waals surface area contributed by atoms with Crippen LogP contribution in [-0.2, 0) is 5.41 Å². The highest BCUT2D eigenvalue weighted by Crippen LogP contribution is 2.32. The van der Waals surface area contributed by atoms with E-state index in [1.165, 1.54) is 30.6 Å². The maximum absolute atomic E-state index is 4.48. The lowest BCUT2D eigenvalue weighted by molar-refractivity contribution is 0.150. The second-order valence-electron chi connectivity index (χ2n) is 9.29. The van der Waals surface area contributed by atoms with Crippen LogP contribution >= 0.6 is 0 Å². The van der Waals surface area contributed by atoms with Crippen molar-refractivity contribution in [3.05, 3.63) is 30.0 Å². The minimum atomic E-state index is 0.0900. The summed E-state index contributed by atoms with van der Waals surface area (Å²) < 4.78 is 0. The van der Waals surface area contributed by atoms with E-state index in [2.05, 4.69) is 85.9 Å². The second-order valence-corrected chi connectivity index (χ2v) is 9.29. The highest BCUT2D eigenvalue weighted by Gasteiger charge is 2.33. The van der Waals surface area contributed by atoms with E-state index in [9.17, 15) is 0 Å². The summed E-state index contributed by atoms with van der Waals surface area (Å²) in [5, 5.41) is 9.04. The van der Waals surface area contributed by atoms with Crippen LogP contribution in [0.25, 0.3) is 10.9 Å². The lowest BCUT2D eigenvalue weighted by Gasteiger charge is -2.33. The number of aromatic nitrogens is 2. The van der Waals surface area contributed by atoms with Gasteiger partial charge < -0.3 is 4.90 Å². The SMILES string of the molecule is CN(CCC(C)(C)c1[nH]nc2ccccc12)C1CCN(C(C)(C)C)C1. The molecule has 1 unspecified atom stereocenters. The topological polar surface area (TPSA) is 35.2 Å². The predicted octanol–water partition coefficient (Wildman–Crippen LogP) is 4.04. The van der Waals surface area contributed by atoms with Gasteiger partial charge in [-0.2, -0.15) is 5.10 Å². The van der Waals surface area contributed by atoms with Gasteiger partial charge in [0.15, 0.2) is 0 Å². The van der Waals surface area contributed by atoms with Gasteiger partial charge in [0.2, 0.25) is 0 Å². The number of H-pyrrole nitrogens is 1. The molecule has 0 amide bonds. The van der Waals surface area contributed by atoms with Crippen LogP contribution in [0, 0.1) is 0 Å². The molecule has 138 valence electrons. The lowest BCUT2D eigenvalue weighted by Crippen LogP contribution is -2.43. The first kappa shape index (κ1) is 18.4. The molecule has 1 aromatic heterocycles. The van der Waals surface area contributed by atoms with E-state index in [1.54, 1.807) is 0 Å². The first-order valence-corrected chi connectivity index (χ1v) is 9.57. The molecule has 1 aliphatic heterocycles. The summed E-state index contributed by atoms with van der Waals surface area (Å²) in [6.45, 7) is 15.1. The van der Waals surface area contributed by atoms with E-state index in [-0.39, 0.29) is 11.0 Å². The minimum absolute atomic E-state index is 0.0900. The Morgan fingerprint density at radius 2 is 1.92 bits per heavy atom. The van der Waals surface area contributed by atoms with Crippen molar-refractivity contribution in [1.82, 2.24) is 20.0 Å². The Kier molecular flexibility index (Phi) is 4.95. The van der Waals surface area contributed by atoms with Crippen LogP contribution in [-0.4, -0.2) is 58.3 Å². The number of aromatic amines is 1. The van der Waals surface area contributed by atoms with Crippen molar-refractivity contribution in [3.8, 4) is 0 Å². The molecule has 1 N–H and O–H groups in total. The molecule has 3 rings (SSSR count). The minimum Gasteiger partial charge on any atom is -0.302 e.